The van der Waals surface area contributed by atoms with Crippen molar-refractivity contribution < 1.29 is 4.79 Å². The first-order valence-electron chi connectivity index (χ1n) is 7.57. The molecule has 0 bridgehead atoms. The van der Waals surface area contributed by atoms with Gasteiger partial charge in [0.05, 0.1) is 5.54 Å². The van der Waals surface area contributed by atoms with E-state index in [2.05, 4.69) is 10.3 Å². The van der Waals surface area contributed by atoms with E-state index in [1.165, 1.54) is 0 Å². The first kappa shape index (κ1) is 17.3. The summed E-state index contributed by atoms with van der Waals surface area (Å²) in [6.07, 6.45) is 4.33. The minimum Gasteiger partial charge on any atom is -0.329 e. The van der Waals surface area contributed by atoms with E-state index in [9.17, 15) is 4.79 Å². The van der Waals surface area contributed by atoms with Crippen molar-refractivity contribution in [3.05, 3.63) is 64.9 Å². The third kappa shape index (κ3) is 4.96. The van der Waals surface area contributed by atoms with Crippen LogP contribution in [0, 0.1) is 0 Å². The molecule has 0 spiro atoms. The summed E-state index contributed by atoms with van der Waals surface area (Å²) in [5, 5.41) is 3.75. The number of aromatic nitrogens is 1. The first-order valence-corrected chi connectivity index (χ1v) is 7.94. The van der Waals surface area contributed by atoms with Crippen LogP contribution in [0.25, 0.3) is 0 Å². The molecule has 122 valence electrons. The van der Waals surface area contributed by atoms with Gasteiger partial charge in [0.1, 0.15) is 0 Å². The Morgan fingerprint density at radius 3 is 2.39 bits per heavy atom. The average molecular weight is 332 g/mol. The molecule has 1 N–H and O–H groups in total. The van der Waals surface area contributed by atoms with E-state index < -0.39 is 5.54 Å². The molecule has 2 amide bonds. The predicted molar refractivity (Wildman–Crippen MR) is 93.6 cm³/mol. The summed E-state index contributed by atoms with van der Waals surface area (Å²) in [6, 6.07) is 11.3. The molecule has 5 heteroatoms. The zero-order valence-electron chi connectivity index (χ0n) is 13.7. The van der Waals surface area contributed by atoms with Crippen LogP contribution in [0.15, 0.2) is 48.8 Å². The van der Waals surface area contributed by atoms with Crippen molar-refractivity contribution in [3.63, 3.8) is 0 Å². The van der Waals surface area contributed by atoms with Crippen LogP contribution in [0.1, 0.15) is 25.0 Å². The van der Waals surface area contributed by atoms with E-state index in [1.807, 2.05) is 50.2 Å². The van der Waals surface area contributed by atoms with Crippen LogP contribution in [0.5, 0.6) is 0 Å². The molecular formula is C18H22ClN3O. The molecule has 0 unspecified atom stereocenters. The van der Waals surface area contributed by atoms with Crippen LogP contribution in [-0.2, 0) is 12.0 Å². The number of halogens is 1. The van der Waals surface area contributed by atoms with Gasteiger partial charge in [-0.05, 0) is 55.7 Å². The highest BCUT2D eigenvalue weighted by Gasteiger charge is 2.24. The second-order valence-electron chi connectivity index (χ2n) is 6.09. The fourth-order valence-electron chi connectivity index (χ4n) is 2.25. The molecule has 0 aliphatic rings. The van der Waals surface area contributed by atoms with Crippen molar-refractivity contribution in [2.75, 3.05) is 13.6 Å². The van der Waals surface area contributed by atoms with Crippen molar-refractivity contribution in [1.29, 1.82) is 0 Å². The molecule has 23 heavy (non-hydrogen) atoms. The van der Waals surface area contributed by atoms with Gasteiger partial charge in [-0.25, -0.2) is 4.79 Å². The van der Waals surface area contributed by atoms with Gasteiger partial charge in [0.2, 0.25) is 0 Å². The maximum Gasteiger partial charge on any atom is 0.317 e. The van der Waals surface area contributed by atoms with Crippen molar-refractivity contribution >= 4 is 17.6 Å². The van der Waals surface area contributed by atoms with Crippen molar-refractivity contribution in [2.24, 2.45) is 0 Å². The van der Waals surface area contributed by atoms with E-state index in [0.717, 1.165) is 17.5 Å². The van der Waals surface area contributed by atoms with Gasteiger partial charge in [-0.3, -0.25) is 4.98 Å². The summed E-state index contributed by atoms with van der Waals surface area (Å²) in [5.41, 5.74) is 1.71. The molecule has 0 aliphatic heterocycles. The lowest BCUT2D eigenvalue weighted by Crippen LogP contribution is -2.47. The Balaban J connectivity index is 1.93. The average Bonchev–Trinajstić information content (AvgIpc) is 2.53. The lowest BCUT2D eigenvalue weighted by atomic mass is 9.94. The van der Waals surface area contributed by atoms with Crippen LogP contribution in [-0.4, -0.2) is 29.5 Å². The molecule has 1 aromatic heterocycles. The maximum absolute atomic E-state index is 12.4. The normalized spacial score (nSPS) is 11.1. The number of nitrogens with zero attached hydrogens (tertiary/aromatic N) is 2. The third-order valence-corrected chi connectivity index (χ3v) is 4.07. The van der Waals surface area contributed by atoms with E-state index in [4.69, 9.17) is 11.6 Å². The van der Waals surface area contributed by atoms with Gasteiger partial charge in [0.25, 0.3) is 0 Å². The number of hydrogen-bond donors (Lipinski definition) is 1. The Morgan fingerprint density at radius 1 is 1.17 bits per heavy atom. The summed E-state index contributed by atoms with van der Waals surface area (Å²) in [6.45, 7) is 4.60. The van der Waals surface area contributed by atoms with Gasteiger partial charge in [0.15, 0.2) is 0 Å². The summed E-state index contributed by atoms with van der Waals surface area (Å²) >= 11 is 5.92. The largest absolute Gasteiger partial charge is 0.329 e. The van der Waals surface area contributed by atoms with Gasteiger partial charge in [0, 0.05) is 31.0 Å². The number of nitrogens with one attached hydrogen (secondary N) is 1. The molecule has 4 nitrogen and oxygen atoms in total. The molecule has 0 aliphatic carbocycles. The molecule has 0 radical (unpaired) electrons. The molecule has 0 atom stereocenters. The van der Waals surface area contributed by atoms with Crippen LogP contribution < -0.4 is 5.32 Å². The van der Waals surface area contributed by atoms with Gasteiger partial charge in [-0.1, -0.05) is 23.7 Å². The van der Waals surface area contributed by atoms with Crippen LogP contribution in [0.2, 0.25) is 5.02 Å². The molecule has 0 saturated heterocycles. The monoisotopic (exact) mass is 331 g/mol. The molecule has 2 rings (SSSR count). The van der Waals surface area contributed by atoms with Gasteiger partial charge in [-0.15, -0.1) is 0 Å². The Labute approximate surface area is 142 Å². The number of carbonyl (C=O) groups excluding carboxylic acids is 1. The second kappa shape index (κ2) is 7.47. The van der Waals surface area contributed by atoms with Crippen LogP contribution in [0.4, 0.5) is 4.79 Å². The first-order chi connectivity index (χ1) is 10.9. The Kier molecular flexibility index (Phi) is 5.61. The highest BCUT2D eigenvalue weighted by atomic mass is 35.5. The van der Waals surface area contributed by atoms with Crippen molar-refractivity contribution in [3.8, 4) is 0 Å². The minimum atomic E-state index is -0.466. The zero-order valence-corrected chi connectivity index (χ0v) is 14.5. The zero-order chi connectivity index (χ0) is 16.9. The highest BCUT2D eigenvalue weighted by Crippen LogP contribution is 2.22. The summed E-state index contributed by atoms with van der Waals surface area (Å²) in [5.74, 6) is 0. The van der Waals surface area contributed by atoms with Crippen LogP contribution >= 0.6 is 11.6 Å². The molecular weight excluding hydrogens is 310 g/mol. The molecule has 1 aromatic carbocycles. The Hall–Kier alpha value is -2.07. The van der Waals surface area contributed by atoms with E-state index >= 15 is 0 Å². The van der Waals surface area contributed by atoms with Crippen molar-refractivity contribution in [1.82, 2.24) is 15.2 Å². The smallest absolute Gasteiger partial charge is 0.317 e. The lowest BCUT2D eigenvalue weighted by molar-refractivity contribution is 0.198. The summed E-state index contributed by atoms with van der Waals surface area (Å²) in [7, 11) is 1.80. The standard InChI is InChI=1S/C18H22ClN3O/c1-18(2,15-4-6-16(19)7-5-15)21-17(23)22(3)13-10-14-8-11-20-12-9-14/h4-9,11-12H,10,13H2,1-3H3,(H,21,23). The topological polar surface area (TPSA) is 45.2 Å². The summed E-state index contributed by atoms with van der Waals surface area (Å²) < 4.78 is 0. The van der Waals surface area contributed by atoms with Gasteiger partial charge < -0.3 is 10.2 Å². The number of carbonyl (C=O) groups is 1. The second-order valence-corrected chi connectivity index (χ2v) is 6.53. The number of likely N-dealkylation sites (N-methyl/N-ethyl adjacent to an activating group) is 1. The third-order valence-electron chi connectivity index (χ3n) is 3.82. The quantitative estimate of drug-likeness (QED) is 0.904. The van der Waals surface area contributed by atoms with E-state index in [1.54, 1.807) is 24.3 Å². The van der Waals surface area contributed by atoms with Crippen LogP contribution in [0.3, 0.4) is 0 Å². The van der Waals surface area contributed by atoms with Gasteiger partial charge >= 0.3 is 6.03 Å². The SMILES string of the molecule is CN(CCc1ccncc1)C(=O)NC(C)(C)c1ccc(Cl)cc1. The molecule has 2 aromatic rings. The molecule has 0 fully saturated rings. The number of rotatable bonds is 5. The number of urea groups is 1. The number of pyridine rings is 1. The highest BCUT2D eigenvalue weighted by molar-refractivity contribution is 6.30. The van der Waals surface area contributed by atoms with E-state index in [-0.39, 0.29) is 6.03 Å². The fraction of sp³-hybridized carbons (Fsp3) is 0.333. The van der Waals surface area contributed by atoms with Gasteiger partial charge in [-0.2, -0.15) is 0 Å². The number of benzene rings is 1. The molecule has 1 heterocycles. The number of amides is 2. The number of hydrogen-bond acceptors (Lipinski definition) is 2. The van der Waals surface area contributed by atoms with E-state index in [0.29, 0.717) is 11.6 Å². The lowest BCUT2D eigenvalue weighted by Gasteiger charge is -2.30. The maximum atomic E-state index is 12.4. The Morgan fingerprint density at radius 2 is 1.78 bits per heavy atom. The Bertz CT molecular complexity index is 641. The fourth-order valence-corrected chi connectivity index (χ4v) is 2.38. The minimum absolute atomic E-state index is 0.0981. The summed E-state index contributed by atoms with van der Waals surface area (Å²) in [4.78, 5) is 18.1. The predicted octanol–water partition coefficient (Wildman–Crippen LogP) is 3.85. The molecule has 0 saturated carbocycles. The van der Waals surface area contributed by atoms with Crippen molar-refractivity contribution in [2.45, 2.75) is 25.8 Å².